The van der Waals surface area contributed by atoms with Gasteiger partial charge in [-0.2, -0.15) is 0 Å². The van der Waals surface area contributed by atoms with Gasteiger partial charge in [0.25, 0.3) is 5.91 Å². The molecule has 3 unspecified atom stereocenters. The first-order chi connectivity index (χ1) is 13.1. The number of fused-ring (bicyclic) bond motifs is 1. The van der Waals surface area contributed by atoms with Gasteiger partial charge in [-0.25, -0.2) is 0 Å². The minimum absolute atomic E-state index is 0.0433. The van der Waals surface area contributed by atoms with Crippen molar-refractivity contribution in [1.29, 1.82) is 0 Å². The molecule has 0 bridgehead atoms. The zero-order valence-electron chi connectivity index (χ0n) is 15.7. The van der Waals surface area contributed by atoms with Crippen LogP contribution in [-0.4, -0.2) is 59.9 Å². The molecule has 5 nitrogen and oxygen atoms in total. The maximum absolute atomic E-state index is 13.4. The maximum atomic E-state index is 13.4. The fourth-order valence-corrected chi connectivity index (χ4v) is 5.21. The lowest BCUT2D eigenvalue weighted by molar-refractivity contribution is -0.135. The molecular weight excluding hydrogens is 362 g/mol. The van der Waals surface area contributed by atoms with Crippen LogP contribution in [0.2, 0.25) is 5.02 Å². The number of benzene rings is 1. The molecule has 1 aromatic carbocycles. The third kappa shape index (κ3) is 3.85. The predicted octanol–water partition coefficient (Wildman–Crippen LogP) is 2.94. The van der Waals surface area contributed by atoms with Crippen molar-refractivity contribution in [2.45, 2.75) is 50.6 Å². The number of rotatable bonds is 2. The summed E-state index contributed by atoms with van der Waals surface area (Å²) in [5.41, 5.74) is 0.587. The van der Waals surface area contributed by atoms with Crippen LogP contribution in [-0.2, 0) is 4.79 Å². The smallest absolute Gasteiger partial charge is 0.254 e. The summed E-state index contributed by atoms with van der Waals surface area (Å²) in [4.78, 5) is 30.7. The van der Waals surface area contributed by atoms with Crippen LogP contribution < -0.4 is 5.32 Å². The summed E-state index contributed by atoms with van der Waals surface area (Å²) in [6, 6.07) is 6.96. The summed E-state index contributed by atoms with van der Waals surface area (Å²) in [5, 5.41) is 3.91. The number of halogens is 1. The van der Waals surface area contributed by atoms with E-state index in [4.69, 9.17) is 11.6 Å². The highest BCUT2D eigenvalue weighted by Crippen LogP contribution is 2.41. The highest BCUT2D eigenvalue weighted by Gasteiger charge is 2.48. The van der Waals surface area contributed by atoms with Gasteiger partial charge < -0.3 is 15.1 Å². The van der Waals surface area contributed by atoms with Crippen LogP contribution in [0.5, 0.6) is 0 Å². The topological polar surface area (TPSA) is 52.7 Å². The number of nitrogens with one attached hydrogen (secondary N) is 1. The van der Waals surface area contributed by atoms with Crippen molar-refractivity contribution in [2.75, 3.05) is 26.2 Å². The molecule has 0 radical (unpaired) electrons. The molecule has 1 aliphatic carbocycles. The van der Waals surface area contributed by atoms with Crippen molar-refractivity contribution in [3.05, 3.63) is 34.9 Å². The van der Waals surface area contributed by atoms with E-state index < -0.39 is 0 Å². The molecule has 2 heterocycles. The molecule has 3 atom stereocenters. The van der Waals surface area contributed by atoms with E-state index in [9.17, 15) is 9.59 Å². The molecule has 1 saturated carbocycles. The van der Waals surface area contributed by atoms with Gasteiger partial charge in [-0.3, -0.25) is 9.59 Å². The average Bonchev–Trinajstić information content (AvgIpc) is 2.86. The molecule has 2 saturated heterocycles. The van der Waals surface area contributed by atoms with Crippen LogP contribution >= 0.6 is 11.6 Å². The van der Waals surface area contributed by atoms with E-state index in [1.807, 2.05) is 15.9 Å². The zero-order chi connectivity index (χ0) is 18.8. The van der Waals surface area contributed by atoms with Gasteiger partial charge in [0.05, 0.1) is 0 Å². The third-order valence-corrected chi connectivity index (χ3v) is 6.57. The van der Waals surface area contributed by atoms with Crippen LogP contribution in [0.4, 0.5) is 0 Å². The number of carbonyl (C=O) groups excluding carboxylic acids is 2. The Morgan fingerprint density at radius 3 is 2.78 bits per heavy atom. The van der Waals surface area contributed by atoms with Gasteiger partial charge in [-0.15, -0.1) is 0 Å². The van der Waals surface area contributed by atoms with E-state index in [1.54, 1.807) is 18.2 Å². The maximum Gasteiger partial charge on any atom is 0.254 e. The Morgan fingerprint density at radius 1 is 1.07 bits per heavy atom. The van der Waals surface area contributed by atoms with Gasteiger partial charge in [-0.05, 0) is 56.3 Å². The van der Waals surface area contributed by atoms with Crippen LogP contribution in [0.15, 0.2) is 24.3 Å². The second kappa shape index (κ2) is 8.19. The Hall–Kier alpha value is -1.59. The van der Waals surface area contributed by atoms with Crippen molar-refractivity contribution in [3.63, 3.8) is 0 Å². The van der Waals surface area contributed by atoms with Gasteiger partial charge >= 0.3 is 0 Å². The Kier molecular flexibility index (Phi) is 5.69. The molecule has 2 amide bonds. The van der Waals surface area contributed by atoms with E-state index in [-0.39, 0.29) is 23.9 Å². The van der Waals surface area contributed by atoms with Crippen molar-refractivity contribution in [2.24, 2.45) is 5.92 Å². The molecule has 2 aliphatic heterocycles. The van der Waals surface area contributed by atoms with E-state index in [0.717, 1.165) is 58.3 Å². The molecule has 3 aliphatic rings. The number of amides is 2. The lowest BCUT2D eigenvalue weighted by Gasteiger charge is -2.35. The van der Waals surface area contributed by atoms with Crippen molar-refractivity contribution in [1.82, 2.24) is 15.1 Å². The minimum atomic E-state index is -0.331. The monoisotopic (exact) mass is 389 g/mol. The first-order valence-corrected chi connectivity index (χ1v) is 10.6. The van der Waals surface area contributed by atoms with Gasteiger partial charge in [0.2, 0.25) is 5.91 Å². The summed E-state index contributed by atoms with van der Waals surface area (Å²) >= 11 is 6.12. The summed E-state index contributed by atoms with van der Waals surface area (Å²) in [5.74, 6) is 0.530. The molecular formula is C21H28ClN3O2. The minimum Gasteiger partial charge on any atom is -0.340 e. The molecule has 27 heavy (non-hydrogen) atoms. The van der Waals surface area contributed by atoms with Crippen LogP contribution in [0.1, 0.15) is 48.9 Å². The van der Waals surface area contributed by atoms with Crippen molar-refractivity contribution >= 4 is 23.4 Å². The molecule has 0 aromatic heterocycles. The van der Waals surface area contributed by atoms with Gasteiger partial charge in [0.1, 0.15) is 6.04 Å². The molecule has 1 N–H and O–H groups in total. The average molecular weight is 390 g/mol. The Labute approximate surface area is 166 Å². The fraction of sp³-hybridized carbons (Fsp3) is 0.619. The number of likely N-dealkylation sites (tertiary alicyclic amines) is 1. The van der Waals surface area contributed by atoms with Crippen LogP contribution in [0, 0.1) is 5.92 Å². The van der Waals surface area contributed by atoms with Crippen LogP contribution in [0.25, 0.3) is 0 Å². The number of carbonyl (C=O) groups is 2. The Bertz CT molecular complexity index is 702. The van der Waals surface area contributed by atoms with Crippen LogP contribution in [0.3, 0.4) is 0 Å². The SMILES string of the molecule is O=C(C1CC2CCCCC2N1C(=O)c1cccc(Cl)c1)N1CCCNCC1. The number of nitrogens with zero attached hydrogens (tertiary/aromatic N) is 2. The molecule has 1 aromatic rings. The summed E-state index contributed by atoms with van der Waals surface area (Å²) in [7, 11) is 0. The number of hydrogen-bond donors (Lipinski definition) is 1. The quantitative estimate of drug-likeness (QED) is 0.846. The summed E-state index contributed by atoms with van der Waals surface area (Å²) in [6.45, 7) is 3.28. The van der Waals surface area contributed by atoms with Gasteiger partial charge in [-0.1, -0.05) is 30.5 Å². The summed E-state index contributed by atoms with van der Waals surface area (Å²) in [6.07, 6.45) is 6.23. The van der Waals surface area contributed by atoms with Crippen molar-refractivity contribution < 1.29 is 9.59 Å². The second-order valence-corrected chi connectivity index (χ2v) is 8.45. The van der Waals surface area contributed by atoms with Gasteiger partial charge in [0.15, 0.2) is 0 Å². The molecule has 0 spiro atoms. The van der Waals surface area contributed by atoms with E-state index in [0.29, 0.717) is 16.5 Å². The lowest BCUT2D eigenvalue weighted by Crippen LogP contribution is -2.51. The van der Waals surface area contributed by atoms with E-state index in [2.05, 4.69) is 5.32 Å². The Morgan fingerprint density at radius 2 is 1.93 bits per heavy atom. The van der Waals surface area contributed by atoms with Crippen molar-refractivity contribution in [3.8, 4) is 0 Å². The lowest BCUT2D eigenvalue weighted by atomic mass is 9.84. The first kappa shape index (κ1) is 18.8. The third-order valence-electron chi connectivity index (χ3n) is 6.33. The predicted molar refractivity (Wildman–Crippen MR) is 106 cm³/mol. The molecule has 3 fully saturated rings. The summed E-state index contributed by atoms with van der Waals surface area (Å²) < 4.78 is 0. The largest absolute Gasteiger partial charge is 0.340 e. The molecule has 4 rings (SSSR count). The number of hydrogen-bond acceptors (Lipinski definition) is 3. The Balaban J connectivity index is 1.61. The highest BCUT2D eigenvalue weighted by molar-refractivity contribution is 6.31. The normalized spacial score (nSPS) is 28.6. The van der Waals surface area contributed by atoms with E-state index in [1.165, 1.54) is 6.42 Å². The first-order valence-electron chi connectivity index (χ1n) is 10.2. The highest BCUT2D eigenvalue weighted by atomic mass is 35.5. The molecule has 146 valence electrons. The second-order valence-electron chi connectivity index (χ2n) is 8.01. The molecule has 6 heteroatoms. The van der Waals surface area contributed by atoms with Gasteiger partial charge in [0, 0.05) is 36.3 Å². The zero-order valence-corrected chi connectivity index (χ0v) is 16.5. The standard InChI is InChI=1S/C21H28ClN3O2/c22-17-7-3-6-16(13-17)20(26)25-18-8-2-1-5-15(18)14-19(25)21(27)24-11-4-9-23-10-12-24/h3,6-7,13,15,18-19,23H,1-2,4-5,8-12,14H2. The van der Waals surface area contributed by atoms with E-state index >= 15 is 0 Å². The fourth-order valence-electron chi connectivity index (χ4n) is 5.02.